The van der Waals surface area contributed by atoms with Gasteiger partial charge in [0.15, 0.2) is 11.0 Å². The highest BCUT2D eigenvalue weighted by atomic mass is 32.2. The standard InChI is InChI=1S/C25H28N2O4S2/c1-17(2)15-27(33(30)25-26-11-12-32-25)22-13-18(3)19(4)14-23(22)31-16-21-7-5-20(6-8-21)9-10-24(28)29/h5-14,17H,15-16H2,1-4H3,(H,28,29)/b10-9+. The largest absolute Gasteiger partial charge is 0.487 e. The smallest absolute Gasteiger partial charge is 0.328 e. The summed E-state index contributed by atoms with van der Waals surface area (Å²) in [5.41, 5.74) is 4.71. The normalized spacial score (nSPS) is 12.3. The molecule has 0 aliphatic heterocycles. The number of ether oxygens (including phenoxy) is 1. The summed E-state index contributed by atoms with van der Waals surface area (Å²) in [6.07, 6.45) is 4.32. The van der Waals surface area contributed by atoms with E-state index in [0.29, 0.717) is 23.2 Å². The Morgan fingerprint density at radius 1 is 1.21 bits per heavy atom. The zero-order valence-corrected chi connectivity index (χ0v) is 20.8. The lowest BCUT2D eigenvalue weighted by Gasteiger charge is -2.27. The molecule has 1 heterocycles. The molecular weight excluding hydrogens is 456 g/mol. The Morgan fingerprint density at radius 2 is 1.91 bits per heavy atom. The third-order valence-corrected chi connectivity index (χ3v) is 7.36. The maximum atomic E-state index is 13.4. The Labute approximate surface area is 201 Å². The lowest BCUT2D eigenvalue weighted by atomic mass is 10.1. The van der Waals surface area contributed by atoms with Crippen LogP contribution in [0.25, 0.3) is 6.08 Å². The average Bonchev–Trinajstić information content (AvgIpc) is 3.32. The maximum absolute atomic E-state index is 13.4. The van der Waals surface area contributed by atoms with Crippen LogP contribution in [0.4, 0.5) is 5.69 Å². The first-order valence-corrected chi connectivity index (χ1v) is 12.6. The molecular formula is C25H28N2O4S2. The first kappa shape index (κ1) is 24.7. The van der Waals surface area contributed by atoms with Crippen molar-refractivity contribution in [3.05, 3.63) is 76.3 Å². The van der Waals surface area contributed by atoms with Crippen molar-refractivity contribution in [3.8, 4) is 5.75 Å². The summed E-state index contributed by atoms with van der Waals surface area (Å²) >= 11 is 1.38. The molecule has 0 spiro atoms. The van der Waals surface area contributed by atoms with Crippen molar-refractivity contribution in [1.29, 1.82) is 0 Å². The number of rotatable bonds is 10. The van der Waals surface area contributed by atoms with E-state index in [2.05, 4.69) is 18.8 Å². The minimum absolute atomic E-state index is 0.287. The number of nitrogens with zero attached hydrogens (tertiary/aromatic N) is 2. The molecule has 174 valence electrons. The van der Waals surface area contributed by atoms with Gasteiger partial charge in [-0.25, -0.2) is 14.0 Å². The number of hydrogen-bond acceptors (Lipinski definition) is 5. The number of benzene rings is 2. The van der Waals surface area contributed by atoms with Gasteiger partial charge >= 0.3 is 5.97 Å². The van der Waals surface area contributed by atoms with Crippen LogP contribution < -0.4 is 9.04 Å². The van der Waals surface area contributed by atoms with Gasteiger partial charge in [0.2, 0.25) is 4.34 Å². The first-order chi connectivity index (χ1) is 15.7. The molecule has 0 radical (unpaired) electrons. The quantitative estimate of drug-likeness (QED) is 0.378. The molecule has 0 aliphatic rings. The van der Waals surface area contributed by atoms with E-state index in [1.165, 1.54) is 11.3 Å². The van der Waals surface area contributed by atoms with Crippen LogP contribution in [0, 0.1) is 19.8 Å². The highest BCUT2D eigenvalue weighted by Crippen LogP contribution is 2.35. The van der Waals surface area contributed by atoms with Gasteiger partial charge in [0, 0.05) is 24.2 Å². The van der Waals surface area contributed by atoms with E-state index in [-0.39, 0.29) is 5.92 Å². The number of carbonyl (C=O) groups is 1. The monoisotopic (exact) mass is 484 g/mol. The number of aryl methyl sites for hydroxylation is 2. The molecule has 33 heavy (non-hydrogen) atoms. The number of anilines is 1. The number of hydrogen-bond donors (Lipinski definition) is 1. The molecule has 6 nitrogen and oxygen atoms in total. The fourth-order valence-corrected chi connectivity index (χ4v) is 5.34. The molecule has 0 fully saturated rings. The van der Waals surface area contributed by atoms with Crippen molar-refractivity contribution in [2.75, 3.05) is 10.8 Å². The van der Waals surface area contributed by atoms with Gasteiger partial charge in [0.25, 0.3) is 0 Å². The first-order valence-electron chi connectivity index (χ1n) is 10.6. The molecule has 2 aromatic carbocycles. The van der Waals surface area contributed by atoms with Gasteiger partial charge in [0.1, 0.15) is 12.4 Å². The Kier molecular flexibility index (Phi) is 8.41. The second kappa shape index (κ2) is 11.2. The molecule has 0 bridgehead atoms. The Balaban J connectivity index is 1.88. The second-order valence-corrected chi connectivity index (χ2v) is 10.6. The van der Waals surface area contributed by atoms with Crippen LogP contribution in [-0.2, 0) is 22.4 Å². The van der Waals surface area contributed by atoms with Crippen LogP contribution in [0.2, 0.25) is 0 Å². The summed E-state index contributed by atoms with van der Waals surface area (Å²) < 4.78 is 22.0. The molecule has 3 rings (SSSR count). The number of aromatic nitrogens is 1. The van der Waals surface area contributed by atoms with E-state index < -0.39 is 17.0 Å². The van der Waals surface area contributed by atoms with Crippen molar-refractivity contribution >= 4 is 40.1 Å². The summed E-state index contributed by atoms with van der Waals surface area (Å²) in [4.78, 5) is 15.0. The second-order valence-electron chi connectivity index (χ2n) is 8.11. The summed E-state index contributed by atoms with van der Waals surface area (Å²) in [6, 6.07) is 11.5. The van der Waals surface area contributed by atoms with Crippen molar-refractivity contribution < 1.29 is 18.8 Å². The van der Waals surface area contributed by atoms with Gasteiger partial charge in [-0.15, -0.1) is 11.3 Å². The zero-order chi connectivity index (χ0) is 24.0. The molecule has 3 aromatic rings. The number of aliphatic carboxylic acids is 1. The Morgan fingerprint density at radius 3 is 2.52 bits per heavy atom. The van der Waals surface area contributed by atoms with Gasteiger partial charge in [0.05, 0.1) is 5.69 Å². The zero-order valence-electron chi connectivity index (χ0n) is 19.1. The topological polar surface area (TPSA) is 79.7 Å². The van der Waals surface area contributed by atoms with Crippen molar-refractivity contribution in [1.82, 2.24) is 4.98 Å². The van der Waals surface area contributed by atoms with Crippen molar-refractivity contribution in [2.24, 2.45) is 5.92 Å². The minimum atomic E-state index is -1.44. The molecule has 0 aliphatic carbocycles. The minimum Gasteiger partial charge on any atom is -0.487 e. The van der Waals surface area contributed by atoms with E-state index in [1.54, 1.807) is 12.3 Å². The van der Waals surface area contributed by atoms with Crippen LogP contribution in [0.15, 0.2) is 58.4 Å². The summed E-state index contributed by atoms with van der Waals surface area (Å²) in [7, 11) is -1.44. The molecule has 1 atom stereocenters. The molecule has 1 unspecified atom stereocenters. The number of thiazole rings is 1. The average molecular weight is 485 g/mol. The molecule has 0 amide bonds. The third-order valence-electron chi connectivity index (χ3n) is 4.93. The van der Waals surface area contributed by atoms with Gasteiger partial charge in [-0.2, -0.15) is 0 Å². The van der Waals surface area contributed by atoms with Gasteiger partial charge in [-0.05, 0) is 60.2 Å². The van der Waals surface area contributed by atoms with E-state index in [9.17, 15) is 9.00 Å². The number of carboxylic acids is 1. The van der Waals surface area contributed by atoms with Gasteiger partial charge in [-0.3, -0.25) is 4.31 Å². The fourth-order valence-electron chi connectivity index (χ4n) is 3.12. The maximum Gasteiger partial charge on any atom is 0.328 e. The Hall–Kier alpha value is -2.97. The van der Waals surface area contributed by atoms with Gasteiger partial charge < -0.3 is 9.84 Å². The highest BCUT2D eigenvalue weighted by Gasteiger charge is 2.23. The fraction of sp³-hybridized carbons (Fsp3) is 0.280. The Bertz CT molecular complexity index is 1140. The van der Waals surface area contributed by atoms with E-state index in [1.807, 2.05) is 59.9 Å². The van der Waals surface area contributed by atoms with Crippen LogP contribution in [-0.4, -0.2) is 26.8 Å². The van der Waals surface area contributed by atoms with Crippen LogP contribution in [0.5, 0.6) is 5.75 Å². The summed E-state index contributed by atoms with van der Waals surface area (Å²) in [5.74, 6) is -0.0287. The molecule has 0 saturated carbocycles. The van der Waals surface area contributed by atoms with E-state index in [0.717, 1.165) is 34.0 Å². The van der Waals surface area contributed by atoms with Crippen molar-refractivity contribution in [2.45, 2.75) is 38.6 Å². The molecule has 0 saturated heterocycles. The number of carboxylic acid groups (broad SMARTS) is 1. The molecule has 1 aromatic heterocycles. The lowest BCUT2D eigenvalue weighted by molar-refractivity contribution is -0.131. The lowest BCUT2D eigenvalue weighted by Crippen LogP contribution is -2.30. The van der Waals surface area contributed by atoms with E-state index >= 15 is 0 Å². The predicted molar refractivity (Wildman–Crippen MR) is 134 cm³/mol. The van der Waals surface area contributed by atoms with Gasteiger partial charge in [-0.1, -0.05) is 38.1 Å². The van der Waals surface area contributed by atoms with Crippen LogP contribution in [0.1, 0.15) is 36.1 Å². The van der Waals surface area contributed by atoms with E-state index in [4.69, 9.17) is 9.84 Å². The SMILES string of the molecule is Cc1cc(OCc2ccc(/C=C/C(=O)O)cc2)c(N(CC(C)C)S(=O)c2nccs2)cc1C. The highest BCUT2D eigenvalue weighted by molar-refractivity contribution is 7.88. The molecule has 8 heteroatoms. The predicted octanol–water partition coefficient (Wildman–Crippen LogP) is 5.62. The molecule has 1 N–H and O–H groups in total. The summed E-state index contributed by atoms with van der Waals surface area (Å²) in [5, 5.41) is 10.6. The van der Waals surface area contributed by atoms with Crippen molar-refractivity contribution in [3.63, 3.8) is 0 Å². The van der Waals surface area contributed by atoms with Crippen LogP contribution in [0.3, 0.4) is 0 Å². The third kappa shape index (κ3) is 6.76. The summed E-state index contributed by atoms with van der Waals surface area (Å²) in [6.45, 7) is 9.17. The van der Waals surface area contributed by atoms with Crippen LogP contribution >= 0.6 is 11.3 Å².